The molecule has 31 heavy (non-hydrogen) atoms. The van der Waals surface area contributed by atoms with Crippen LogP contribution in [0, 0.1) is 6.92 Å². The Hall–Kier alpha value is -3.16. The molecule has 1 atom stereocenters. The van der Waals surface area contributed by atoms with Crippen molar-refractivity contribution in [2.45, 2.75) is 13.0 Å². The van der Waals surface area contributed by atoms with Crippen LogP contribution < -0.4 is 0 Å². The summed E-state index contributed by atoms with van der Waals surface area (Å²) in [5, 5.41) is 21.0. The lowest BCUT2D eigenvalue weighted by atomic mass is 9.95. The molecule has 7 heteroatoms. The van der Waals surface area contributed by atoms with Crippen LogP contribution in [0.4, 0.5) is 0 Å². The zero-order chi connectivity index (χ0) is 22.0. The van der Waals surface area contributed by atoms with Crippen LogP contribution in [0.15, 0.2) is 54.1 Å². The molecule has 162 valence electrons. The summed E-state index contributed by atoms with van der Waals surface area (Å²) in [4.78, 5) is 29.7. The zero-order valence-electron chi connectivity index (χ0n) is 17.5. The molecule has 7 nitrogen and oxygen atoms in total. The van der Waals surface area contributed by atoms with Crippen molar-refractivity contribution in [1.82, 2.24) is 9.80 Å². The van der Waals surface area contributed by atoms with Crippen LogP contribution in [-0.4, -0.2) is 71.1 Å². The number of amides is 1. The quantitative estimate of drug-likeness (QED) is 0.437. The minimum atomic E-state index is -0.769. The second-order valence-electron chi connectivity index (χ2n) is 7.91. The van der Waals surface area contributed by atoms with E-state index in [0.717, 1.165) is 18.7 Å². The Morgan fingerprint density at radius 2 is 1.77 bits per heavy atom. The van der Waals surface area contributed by atoms with Crippen molar-refractivity contribution in [3.63, 3.8) is 0 Å². The first-order valence-electron chi connectivity index (χ1n) is 10.4. The number of aromatic hydroxyl groups is 1. The summed E-state index contributed by atoms with van der Waals surface area (Å²) in [5.74, 6) is -1.53. The first-order valence-corrected chi connectivity index (χ1v) is 10.4. The Morgan fingerprint density at radius 1 is 1.06 bits per heavy atom. The smallest absolute Gasteiger partial charge is 0.295 e. The van der Waals surface area contributed by atoms with E-state index in [1.165, 1.54) is 17.0 Å². The van der Waals surface area contributed by atoms with Crippen LogP contribution in [0.25, 0.3) is 5.76 Å². The maximum Gasteiger partial charge on any atom is 0.295 e. The van der Waals surface area contributed by atoms with Crippen molar-refractivity contribution in [2.24, 2.45) is 0 Å². The van der Waals surface area contributed by atoms with Gasteiger partial charge in [-0.1, -0.05) is 42.0 Å². The van der Waals surface area contributed by atoms with Crippen LogP contribution in [0.1, 0.15) is 22.7 Å². The molecule has 2 saturated heterocycles. The van der Waals surface area contributed by atoms with Crippen LogP contribution in [0.5, 0.6) is 5.75 Å². The third-order valence-corrected chi connectivity index (χ3v) is 5.81. The van der Waals surface area contributed by atoms with E-state index >= 15 is 0 Å². The third kappa shape index (κ3) is 4.33. The number of rotatable bonds is 5. The van der Waals surface area contributed by atoms with Crippen molar-refractivity contribution in [3.8, 4) is 5.75 Å². The number of phenols is 1. The Bertz CT molecular complexity index is 1010. The van der Waals surface area contributed by atoms with Gasteiger partial charge in [0.05, 0.1) is 24.8 Å². The minimum Gasteiger partial charge on any atom is -0.508 e. The first-order chi connectivity index (χ1) is 15.0. The van der Waals surface area contributed by atoms with E-state index < -0.39 is 17.7 Å². The average molecular weight is 422 g/mol. The number of hydrogen-bond donors (Lipinski definition) is 2. The average Bonchev–Trinajstić information content (AvgIpc) is 3.03. The SMILES string of the molecule is Cc1ccc(C(O)=C2C(=O)C(=O)N(CCN3CCOCC3)[C@@H]2c2cccc(O)c2)cc1. The number of aliphatic hydroxyl groups is 1. The maximum absolute atomic E-state index is 13.0. The molecule has 0 radical (unpaired) electrons. The minimum absolute atomic E-state index is 0.0339. The molecule has 0 unspecified atom stereocenters. The van der Waals surface area contributed by atoms with Crippen molar-refractivity contribution >= 4 is 17.4 Å². The normalized spacial score (nSPS) is 21.6. The van der Waals surface area contributed by atoms with Crippen LogP contribution in [0.3, 0.4) is 0 Å². The summed E-state index contributed by atoms with van der Waals surface area (Å²) in [5.41, 5.74) is 2.12. The number of ketones is 1. The molecule has 2 aliphatic rings. The predicted octanol–water partition coefficient (Wildman–Crippen LogP) is 2.45. The number of nitrogens with zero attached hydrogens (tertiary/aromatic N) is 2. The lowest BCUT2D eigenvalue weighted by Gasteiger charge is -2.31. The largest absolute Gasteiger partial charge is 0.508 e. The summed E-state index contributed by atoms with van der Waals surface area (Å²) in [6.45, 7) is 5.67. The predicted molar refractivity (Wildman–Crippen MR) is 116 cm³/mol. The van der Waals surface area contributed by atoms with Crippen LogP contribution >= 0.6 is 0 Å². The summed E-state index contributed by atoms with van der Waals surface area (Å²) in [6, 6.07) is 12.8. The number of aryl methyl sites for hydroxylation is 1. The number of aliphatic hydroxyl groups excluding tert-OH is 1. The molecular weight excluding hydrogens is 396 g/mol. The molecule has 2 aliphatic heterocycles. The van der Waals surface area contributed by atoms with E-state index in [9.17, 15) is 19.8 Å². The monoisotopic (exact) mass is 422 g/mol. The van der Waals surface area contributed by atoms with Gasteiger partial charge in [-0.25, -0.2) is 0 Å². The highest BCUT2D eigenvalue weighted by Crippen LogP contribution is 2.40. The first kappa shape index (κ1) is 21.1. The molecule has 0 aromatic heterocycles. The second-order valence-corrected chi connectivity index (χ2v) is 7.91. The summed E-state index contributed by atoms with van der Waals surface area (Å²) in [6.07, 6.45) is 0. The summed E-state index contributed by atoms with van der Waals surface area (Å²) < 4.78 is 5.37. The maximum atomic E-state index is 13.0. The van der Waals surface area contributed by atoms with Gasteiger partial charge in [-0.2, -0.15) is 0 Å². The number of phenolic OH excluding ortho intramolecular Hbond substituents is 1. The lowest BCUT2D eigenvalue weighted by Crippen LogP contribution is -2.42. The molecule has 0 spiro atoms. The lowest BCUT2D eigenvalue weighted by molar-refractivity contribution is -0.140. The highest BCUT2D eigenvalue weighted by atomic mass is 16.5. The molecule has 2 aromatic carbocycles. The molecule has 2 N–H and O–H groups in total. The number of ether oxygens (including phenoxy) is 1. The number of benzene rings is 2. The van der Waals surface area contributed by atoms with E-state index in [4.69, 9.17) is 4.74 Å². The third-order valence-electron chi connectivity index (χ3n) is 5.81. The van der Waals surface area contributed by atoms with Crippen molar-refractivity contribution in [1.29, 1.82) is 0 Å². The Morgan fingerprint density at radius 3 is 2.45 bits per heavy atom. The molecule has 0 bridgehead atoms. The van der Waals surface area contributed by atoms with Gasteiger partial charge >= 0.3 is 0 Å². The highest BCUT2D eigenvalue weighted by molar-refractivity contribution is 6.46. The van der Waals surface area contributed by atoms with Gasteiger partial charge in [0.1, 0.15) is 11.5 Å². The van der Waals surface area contributed by atoms with Gasteiger partial charge in [-0.05, 0) is 24.6 Å². The molecule has 4 rings (SSSR count). The fourth-order valence-corrected chi connectivity index (χ4v) is 4.09. The van der Waals surface area contributed by atoms with Gasteiger partial charge in [0.25, 0.3) is 11.7 Å². The number of carbonyl (C=O) groups is 2. The number of hydrogen-bond acceptors (Lipinski definition) is 6. The molecule has 0 saturated carbocycles. The van der Waals surface area contributed by atoms with Crippen LogP contribution in [-0.2, 0) is 14.3 Å². The Labute approximate surface area is 181 Å². The molecule has 0 aliphatic carbocycles. The van der Waals surface area contributed by atoms with Gasteiger partial charge in [0.15, 0.2) is 0 Å². The Kier molecular flexibility index (Phi) is 6.06. The van der Waals surface area contributed by atoms with E-state index in [1.807, 2.05) is 19.1 Å². The van der Waals surface area contributed by atoms with Crippen molar-refractivity contribution < 1.29 is 24.5 Å². The van der Waals surface area contributed by atoms with Gasteiger partial charge in [-0.15, -0.1) is 0 Å². The summed E-state index contributed by atoms with van der Waals surface area (Å²) in [7, 11) is 0. The number of Topliss-reactive ketones (excluding diaryl/α,β-unsaturated/α-hetero) is 1. The molecule has 2 aromatic rings. The van der Waals surface area contributed by atoms with Gasteiger partial charge in [0, 0.05) is 31.7 Å². The van der Waals surface area contributed by atoms with Crippen molar-refractivity contribution in [3.05, 3.63) is 70.8 Å². The van der Waals surface area contributed by atoms with Crippen molar-refractivity contribution in [2.75, 3.05) is 39.4 Å². The highest BCUT2D eigenvalue weighted by Gasteiger charge is 2.46. The van der Waals surface area contributed by atoms with E-state index in [-0.39, 0.29) is 17.1 Å². The number of likely N-dealkylation sites (tertiary alicyclic amines) is 1. The second kappa shape index (κ2) is 8.91. The van der Waals surface area contributed by atoms with E-state index in [1.54, 1.807) is 24.3 Å². The zero-order valence-corrected chi connectivity index (χ0v) is 17.5. The molecular formula is C24H26N2O5. The van der Waals surface area contributed by atoms with E-state index in [0.29, 0.717) is 37.4 Å². The van der Waals surface area contributed by atoms with E-state index in [2.05, 4.69) is 4.90 Å². The fraction of sp³-hybridized carbons (Fsp3) is 0.333. The Balaban J connectivity index is 1.73. The summed E-state index contributed by atoms with van der Waals surface area (Å²) >= 11 is 0. The fourth-order valence-electron chi connectivity index (χ4n) is 4.09. The molecule has 2 fully saturated rings. The number of carbonyl (C=O) groups excluding carboxylic acids is 2. The standard InChI is InChI=1S/C24H26N2O5/c1-16-5-7-17(8-6-16)22(28)20-21(18-3-2-4-19(27)15-18)26(24(30)23(20)29)10-9-25-11-13-31-14-12-25/h2-8,15,21,27-28H,9-14H2,1H3/t21-/m1/s1. The topological polar surface area (TPSA) is 90.3 Å². The van der Waals surface area contributed by atoms with Crippen LogP contribution in [0.2, 0.25) is 0 Å². The van der Waals surface area contributed by atoms with Gasteiger partial charge in [-0.3, -0.25) is 14.5 Å². The van der Waals surface area contributed by atoms with Gasteiger partial charge in [0.2, 0.25) is 0 Å². The molecule has 2 heterocycles. The van der Waals surface area contributed by atoms with Gasteiger partial charge < -0.3 is 19.8 Å². The number of morpholine rings is 1. The molecule has 1 amide bonds.